The Bertz CT molecular complexity index is 863. The second-order valence-electron chi connectivity index (χ2n) is 6.09. The highest BCUT2D eigenvalue weighted by Gasteiger charge is 2.45. The van der Waals surface area contributed by atoms with Gasteiger partial charge in [0.25, 0.3) is 0 Å². The third kappa shape index (κ3) is 2.96. The standard InChI is InChI=1S/C15H11BrClF4N3O/c16-10-8(15(19,20)21)4-7-12(11(10)18)22-14(17)23-13(7)24-1-2-25-5-6-3-9(6)24/h4,6,9H,1-3,5H2. The van der Waals surface area contributed by atoms with E-state index in [-0.39, 0.29) is 28.0 Å². The van der Waals surface area contributed by atoms with Gasteiger partial charge in [0.05, 0.1) is 23.2 Å². The van der Waals surface area contributed by atoms with E-state index < -0.39 is 22.0 Å². The molecule has 2 aliphatic rings. The number of fused-ring (bicyclic) bond motifs is 2. The number of halogens is 6. The first-order valence-electron chi connectivity index (χ1n) is 7.54. The second kappa shape index (κ2) is 5.92. The highest BCUT2D eigenvalue weighted by molar-refractivity contribution is 9.10. The van der Waals surface area contributed by atoms with Crippen molar-refractivity contribution in [1.29, 1.82) is 0 Å². The summed E-state index contributed by atoms with van der Waals surface area (Å²) < 4.78 is 59.2. The highest BCUT2D eigenvalue weighted by atomic mass is 79.9. The predicted octanol–water partition coefficient (Wildman–Crippen LogP) is 4.43. The molecular formula is C15H11BrClF4N3O. The molecule has 2 aromatic rings. The third-order valence-corrected chi connectivity index (χ3v) is 5.44. The van der Waals surface area contributed by atoms with Crippen molar-refractivity contribution in [2.24, 2.45) is 5.92 Å². The fourth-order valence-electron chi connectivity index (χ4n) is 3.21. The van der Waals surface area contributed by atoms with E-state index in [1.54, 1.807) is 0 Å². The summed E-state index contributed by atoms with van der Waals surface area (Å²) in [4.78, 5) is 9.76. The van der Waals surface area contributed by atoms with Gasteiger partial charge in [-0.15, -0.1) is 0 Å². The van der Waals surface area contributed by atoms with Gasteiger partial charge in [0.2, 0.25) is 5.28 Å². The van der Waals surface area contributed by atoms with Crippen molar-refractivity contribution >= 4 is 44.3 Å². The summed E-state index contributed by atoms with van der Waals surface area (Å²) in [5.74, 6) is -0.590. The first-order valence-corrected chi connectivity index (χ1v) is 8.71. The molecule has 1 saturated carbocycles. The van der Waals surface area contributed by atoms with E-state index in [9.17, 15) is 17.6 Å². The molecule has 25 heavy (non-hydrogen) atoms. The lowest BCUT2D eigenvalue weighted by atomic mass is 10.1. The molecule has 2 heterocycles. The van der Waals surface area contributed by atoms with Gasteiger partial charge in [-0.05, 0) is 40.0 Å². The van der Waals surface area contributed by atoms with Crippen molar-refractivity contribution in [3.05, 3.63) is 27.2 Å². The lowest BCUT2D eigenvalue weighted by Crippen LogP contribution is -2.30. The van der Waals surface area contributed by atoms with E-state index in [1.165, 1.54) is 0 Å². The van der Waals surface area contributed by atoms with Crippen LogP contribution in [-0.2, 0) is 10.9 Å². The number of aromatic nitrogens is 2. The molecule has 2 unspecified atom stereocenters. The maximum absolute atomic E-state index is 14.6. The Kier molecular flexibility index (Phi) is 4.08. The van der Waals surface area contributed by atoms with Crippen LogP contribution in [0.15, 0.2) is 10.5 Å². The SMILES string of the molecule is Fc1c(Br)c(C(F)(F)F)cc2c(N3CCOCC4CC43)nc(Cl)nc12. The number of nitrogens with zero attached hydrogens (tertiary/aromatic N) is 3. The summed E-state index contributed by atoms with van der Waals surface area (Å²) in [6.07, 6.45) is -3.86. The molecule has 1 saturated heterocycles. The topological polar surface area (TPSA) is 38.2 Å². The Morgan fingerprint density at radius 3 is 2.80 bits per heavy atom. The van der Waals surface area contributed by atoms with Crippen LogP contribution in [0.2, 0.25) is 5.28 Å². The third-order valence-electron chi connectivity index (χ3n) is 4.50. The van der Waals surface area contributed by atoms with Gasteiger partial charge in [-0.25, -0.2) is 9.37 Å². The Labute approximate surface area is 153 Å². The quantitative estimate of drug-likeness (QED) is 0.486. The molecule has 0 bridgehead atoms. The molecule has 0 radical (unpaired) electrons. The molecular weight excluding hydrogens is 430 g/mol. The normalized spacial score (nSPS) is 23.5. The van der Waals surface area contributed by atoms with E-state index in [0.717, 1.165) is 12.5 Å². The number of rotatable bonds is 1. The summed E-state index contributed by atoms with van der Waals surface area (Å²) in [5.41, 5.74) is -1.35. The molecule has 4 nitrogen and oxygen atoms in total. The molecule has 1 aromatic carbocycles. The first-order chi connectivity index (χ1) is 11.8. The maximum atomic E-state index is 14.6. The molecule has 1 aliphatic heterocycles. The van der Waals surface area contributed by atoms with Crippen LogP contribution in [-0.4, -0.2) is 35.8 Å². The van der Waals surface area contributed by atoms with Gasteiger partial charge in [0, 0.05) is 23.9 Å². The maximum Gasteiger partial charge on any atom is 0.417 e. The summed E-state index contributed by atoms with van der Waals surface area (Å²) in [6, 6.07) is 0.981. The van der Waals surface area contributed by atoms with Crippen LogP contribution in [0, 0.1) is 11.7 Å². The van der Waals surface area contributed by atoms with Gasteiger partial charge in [0.15, 0.2) is 5.82 Å². The number of alkyl halides is 3. The Balaban J connectivity index is 1.96. The summed E-state index contributed by atoms with van der Waals surface area (Å²) in [7, 11) is 0. The summed E-state index contributed by atoms with van der Waals surface area (Å²) in [5, 5.41) is -0.222. The minimum atomic E-state index is -4.71. The van der Waals surface area contributed by atoms with Crippen molar-refractivity contribution < 1.29 is 22.3 Å². The fourth-order valence-corrected chi connectivity index (χ4v) is 3.90. The molecule has 0 N–H and O–H groups in total. The van der Waals surface area contributed by atoms with Crippen LogP contribution in [0.3, 0.4) is 0 Å². The van der Waals surface area contributed by atoms with Gasteiger partial charge in [-0.1, -0.05) is 0 Å². The zero-order valence-electron chi connectivity index (χ0n) is 12.6. The monoisotopic (exact) mass is 439 g/mol. The minimum Gasteiger partial charge on any atom is -0.379 e. The fraction of sp³-hybridized carbons (Fsp3) is 0.467. The number of ether oxygens (including phenoxy) is 1. The zero-order valence-corrected chi connectivity index (χ0v) is 14.9. The number of hydrogen-bond donors (Lipinski definition) is 0. The second-order valence-corrected chi connectivity index (χ2v) is 7.22. The molecule has 1 aliphatic carbocycles. The van der Waals surface area contributed by atoms with Crippen molar-refractivity contribution in [3.8, 4) is 0 Å². The van der Waals surface area contributed by atoms with Crippen LogP contribution in [0.1, 0.15) is 12.0 Å². The van der Waals surface area contributed by atoms with Crippen LogP contribution < -0.4 is 4.90 Å². The van der Waals surface area contributed by atoms with Crippen molar-refractivity contribution in [3.63, 3.8) is 0 Å². The molecule has 10 heteroatoms. The van der Waals surface area contributed by atoms with Crippen LogP contribution >= 0.6 is 27.5 Å². The average Bonchev–Trinajstić information content (AvgIpc) is 3.29. The Morgan fingerprint density at radius 1 is 1.32 bits per heavy atom. The molecule has 2 fully saturated rings. The Morgan fingerprint density at radius 2 is 2.08 bits per heavy atom. The predicted molar refractivity (Wildman–Crippen MR) is 87.3 cm³/mol. The molecule has 0 spiro atoms. The Hall–Kier alpha value is -1.19. The molecule has 4 rings (SSSR count). The minimum absolute atomic E-state index is 0.00928. The van der Waals surface area contributed by atoms with E-state index in [1.807, 2.05) is 4.90 Å². The number of anilines is 1. The van der Waals surface area contributed by atoms with Gasteiger partial charge in [-0.3, -0.25) is 0 Å². The summed E-state index contributed by atoms with van der Waals surface area (Å²) >= 11 is 8.60. The van der Waals surface area contributed by atoms with E-state index in [2.05, 4.69) is 25.9 Å². The smallest absolute Gasteiger partial charge is 0.379 e. The molecule has 134 valence electrons. The lowest BCUT2D eigenvalue weighted by molar-refractivity contribution is -0.138. The highest BCUT2D eigenvalue weighted by Crippen LogP contribution is 2.44. The van der Waals surface area contributed by atoms with Crippen LogP contribution in [0.4, 0.5) is 23.4 Å². The van der Waals surface area contributed by atoms with Gasteiger partial charge < -0.3 is 9.64 Å². The average molecular weight is 441 g/mol. The molecule has 0 amide bonds. The van der Waals surface area contributed by atoms with Crippen molar-refractivity contribution in [2.45, 2.75) is 18.6 Å². The van der Waals surface area contributed by atoms with Crippen molar-refractivity contribution in [2.75, 3.05) is 24.7 Å². The molecule has 2 atom stereocenters. The number of benzene rings is 1. The lowest BCUT2D eigenvalue weighted by Gasteiger charge is -2.24. The van der Waals surface area contributed by atoms with Crippen molar-refractivity contribution in [1.82, 2.24) is 9.97 Å². The number of hydrogen-bond acceptors (Lipinski definition) is 4. The molecule has 1 aromatic heterocycles. The van der Waals surface area contributed by atoms with Gasteiger partial charge in [0.1, 0.15) is 11.3 Å². The largest absolute Gasteiger partial charge is 0.417 e. The van der Waals surface area contributed by atoms with E-state index in [0.29, 0.717) is 25.7 Å². The van der Waals surface area contributed by atoms with Crippen LogP contribution in [0.5, 0.6) is 0 Å². The van der Waals surface area contributed by atoms with Gasteiger partial charge >= 0.3 is 6.18 Å². The first kappa shape index (κ1) is 17.2. The zero-order chi connectivity index (χ0) is 17.9. The summed E-state index contributed by atoms with van der Waals surface area (Å²) in [6.45, 7) is 1.47. The van der Waals surface area contributed by atoms with E-state index in [4.69, 9.17) is 16.3 Å². The van der Waals surface area contributed by atoms with Gasteiger partial charge in [-0.2, -0.15) is 18.2 Å². The van der Waals surface area contributed by atoms with E-state index >= 15 is 0 Å². The van der Waals surface area contributed by atoms with Crippen LogP contribution in [0.25, 0.3) is 10.9 Å².